The van der Waals surface area contributed by atoms with Gasteiger partial charge in [-0.05, 0) is 43.9 Å². The van der Waals surface area contributed by atoms with Crippen LogP contribution in [0.4, 0.5) is 16.1 Å². The van der Waals surface area contributed by atoms with Gasteiger partial charge in [-0.3, -0.25) is 0 Å². The second-order valence-electron chi connectivity index (χ2n) is 9.17. The molecule has 0 bridgehead atoms. The molecular weight excluding hydrogens is 483 g/mol. The number of nitrogens with one attached hydrogen (secondary N) is 3. The highest BCUT2D eigenvalue weighted by atomic mass is 35.5. The zero-order valence-electron chi connectivity index (χ0n) is 20.9. The third kappa shape index (κ3) is 8.56. The molecule has 0 radical (unpaired) electrons. The van der Waals surface area contributed by atoms with Crippen molar-refractivity contribution in [3.63, 3.8) is 0 Å². The Morgan fingerprint density at radius 1 is 1.22 bits per heavy atom. The molecule has 2 aromatic heterocycles. The molecular formula is C26H36ClFN6O2. The number of aromatic nitrogens is 2. The molecule has 2 fully saturated rings. The second kappa shape index (κ2) is 14.9. The minimum absolute atomic E-state index is 0.274. The Bertz CT molecular complexity index is 973. The number of anilines is 2. The lowest BCUT2D eigenvalue weighted by Crippen LogP contribution is -2.34. The largest absolute Gasteiger partial charge is 0.383 e. The van der Waals surface area contributed by atoms with Gasteiger partial charge in [-0.2, -0.15) is 10.8 Å². The van der Waals surface area contributed by atoms with E-state index in [4.69, 9.17) is 21.3 Å². The van der Waals surface area contributed by atoms with Gasteiger partial charge in [0.05, 0.1) is 28.8 Å². The number of hydrogen-bond acceptors (Lipinski definition) is 8. The summed E-state index contributed by atoms with van der Waals surface area (Å²) in [5.74, 6) is 1.58. The van der Waals surface area contributed by atoms with Crippen LogP contribution in [0.1, 0.15) is 44.9 Å². The van der Waals surface area contributed by atoms with Crippen molar-refractivity contribution in [2.45, 2.75) is 51.0 Å². The van der Waals surface area contributed by atoms with E-state index < -0.39 is 5.41 Å². The summed E-state index contributed by atoms with van der Waals surface area (Å²) in [5.41, 5.74) is 2.69. The van der Waals surface area contributed by atoms with E-state index in [9.17, 15) is 9.74 Å². The fourth-order valence-corrected chi connectivity index (χ4v) is 4.54. The number of nitriles is 1. The van der Waals surface area contributed by atoms with E-state index in [1.54, 1.807) is 6.20 Å². The Balaban J connectivity index is 0.000000538. The minimum Gasteiger partial charge on any atom is -0.383 e. The van der Waals surface area contributed by atoms with Crippen LogP contribution < -0.4 is 16.2 Å². The summed E-state index contributed by atoms with van der Waals surface area (Å²) < 4.78 is 20.7. The highest BCUT2D eigenvalue weighted by Gasteiger charge is 2.32. The number of nitrogens with zero attached hydrogens (tertiary/aromatic N) is 3. The van der Waals surface area contributed by atoms with E-state index in [0.29, 0.717) is 37.4 Å². The molecule has 3 N–H and O–H groups in total. The lowest BCUT2D eigenvalue weighted by Gasteiger charge is -2.30. The molecule has 4 rings (SSSR count). The molecule has 0 spiro atoms. The Morgan fingerprint density at radius 3 is 2.67 bits per heavy atom. The molecule has 1 saturated carbocycles. The van der Waals surface area contributed by atoms with E-state index in [0.717, 1.165) is 35.7 Å². The molecule has 0 atom stereocenters. The van der Waals surface area contributed by atoms with Crippen molar-refractivity contribution in [1.82, 2.24) is 15.5 Å². The quantitative estimate of drug-likeness (QED) is 0.300. The maximum absolute atomic E-state index is 10.9. The third-order valence-electron chi connectivity index (χ3n) is 6.53. The normalized spacial score (nSPS) is 17.4. The zero-order chi connectivity index (χ0) is 25.6. The van der Waals surface area contributed by atoms with Crippen molar-refractivity contribution in [2.75, 3.05) is 50.7 Å². The van der Waals surface area contributed by atoms with Gasteiger partial charge in [0.2, 0.25) is 0 Å². The number of hydrogen-bond donors (Lipinski definition) is 3. The Labute approximate surface area is 217 Å². The van der Waals surface area contributed by atoms with Crippen LogP contribution in [0, 0.1) is 16.7 Å². The molecule has 8 nitrogen and oxygen atoms in total. The predicted octanol–water partition coefficient (Wildman–Crippen LogP) is 5.38. The smallest absolute Gasteiger partial charge is 0.126 e. The van der Waals surface area contributed by atoms with Crippen molar-refractivity contribution in [1.29, 1.82) is 5.26 Å². The standard InChI is InChI=1S/C23H28ClN5O.C3H8FNO/c24-19-14-26-22(28-17-5-2-1-3-6-17)13-18(19)20-7-4-8-21(29-20)27-16-23(15-25)9-11-30-12-10-23;1-6-3-2-5-4/h4,7-8,13-14,17H,1-3,5-6,9-12,16H2,(H,26,28)(H,27,29);5H,2-3H2,1H3. The summed E-state index contributed by atoms with van der Waals surface area (Å²) in [6, 6.07) is 10.8. The van der Waals surface area contributed by atoms with Gasteiger partial charge >= 0.3 is 0 Å². The summed E-state index contributed by atoms with van der Waals surface area (Å²) in [5, 5.41) is 17.1. The van der Waals surface area contributed by atoms with E-state index in [-0.39, 0.29) is 6.54 Å². The van der Waals surface area contributed by atoms with Crippen LogP contribution >= 0.6 is 11.6 Å². The second-order valence-corrected chi connectivity index (χ2v) is 9.58. The molecule has 1 saturated heterocycles. The van der Waals surface area contributed by atoms with Crippen LogP contribution in [-0.4, -0.2) is 56.0 Å². The van der Waals surface area contributed by atoms with E-state index in [2.05, 4.69) is 26.4 Å². The van der Waals surface area contributed by atoms with Gasteiger partial charge < -0.3 is 20.1 Å². The molecule has 196 valence electrons. The molecule has 10 heteroatoms. The van der Waals surface area contributed by atoms with E-state index in [1.165, 1.54) is 44.8 Å². The first kappa shape index (κ1) is 28.1. The Hall–Kier alpha value is -2.51. The van der Waals surface area contributed by atoms with Crippen molar-refractivity contribution >= 4 is 23.2 Å². The van der Waals surface area contributed by atoms with Crippen LogP contribution in [0.25, 0.3) is 11.3 Å². The van der Waals surface area contributed by atoms with Crippen molar-refractivity contribution in [3.8, 4) is 17.3 Å². The lowest BCUT2D eigenvalue weighted by molar-refractivity contribution is 0.0455. The molecule has 0 amide bonds. The molecule has 1 aliphatic carbocycles. The summed E-state index contributed by atoms with van der Waals surface area (Å²) in [6.07, 6.45) is 9.39. The van der Waals surface area contributed by atoms with Gasteiger partial charge in [-0.15, -0.1) is 4.48 Å². The summed E-state index contributed by atoms with van der Waals surface area (Å²) in [4.78, 5) is 9.21. The van der Waals surface area contributed by atoms with Gasteiger partial charge in [0, 0.05) is 51.2 Å². The van der Waals surface area contributed by atoms with Crippen LogP contribution in [-0.2, 0) is 9.47 Å². The molecule has 3 heterocycles. The maximum Gasteiger partial charge on any atom is 0.126 e. The van der Waals surface area contributed by atoms with Crippen molar-refractivity contribution < 1.29 is 14.0 Å². The number of pyridine rings is 2. The van der Waals surface area contributed by atoms with Gasteiger partial charge in [-0.25, -0.2) is 9.97 Å². The number of halogens is 2. The fraction of sp³-hybridized carbons (Fsp3) is 0.577. The van der Waals surface area contributed by atoms with Crippen LogP contribution in [0.3, 0.4) is 0 Å². The Morgan fingerprint density at radius 2 is 2.00 bits per heavy atom. The molecule has 36 heavy (non-hydrogen) atoms. The first-order chi connectivity index (χ1) is 17.6. The molecule has 0 aromatic carbocycles. The number of rotatable bonds is 9. The van der Waals surface area contributed by atoms with Gasteiger partial charge in [0.15, 0.2) is 0 Å². The molecule has 2 aliphatic rings. The lowest BCUT2D eigenvalue weighted by atomic mass is 9.82. The van der Waals surface area contributed by atoms with Crippen molar-refractivity contribution in [2.24, 2.45) is 5.41 Å². The van der Waals surface area contributed by atoms with E-state index >= 15 is 0 Å². The highest BCUT2D eigenvalue weighted by molar-refractivity contribution is 6.33. The number of methoxy groups -OCH3 is 1. The monoisotopic (exact) mass is 518 g/mol. The van der Waals surface area contributed by atoms with E-state index in [1.807, 2.05) is 24.3 Å². The minimum atomic E-state index is -0.401. The van der Waals surface area contributed by atoms with Gasteiger partial charge in [-0.1, -0.05) is 36.9 Å². The van der Waals surface area contributed by atoms with Crippen LogP contribution in [0.5, 0.6) is 0 Å². The molecule has 0 unspecified atom stereocenters. The SMILES string of the molecule is COCCNF.N#CC1(CNc2cccc(-c3cc(NC4CCCCC4)ncc3Cl)n2)CCOCC1. The maximum atomic E-state index is 10.9. The Kier molecular flexibility index (Phi) is 11.6. The molecule has 1 aliphatic heterocycles. The fourth-order valence-electron chi connectivity index (χ4n) is 4.34. The summed E-state index contributed by atoms with van der Waals surface area (Å²) in [7, 11) is 1.53. The third-order valence-corrected chi connectivity index (χ3v) is 6.83. The number of ether oxygens (including phenoxy) is 2. The highest BCUT2D eigenvalue weighted by Crippen LogP contribution is 2.32. The summed E-state index contributed by atoms with van der Waals surface area (Å²) in [6.45, 7) is 2.52. The van der Waals surface area contributed by atoms with Crippen LogP contribution in [0.2, 0.25) is 5.02 Å². The summed E-state index contributed by atoms with van der Waals surface area (Å²) >= 11 is 6.46. The van der Waals surface area contributed by atoms with Crippen molar-refractivity contribution in [3.05, 3.63) is 35.5 Å². The average Bonchev–Trinajstić information content (AvgIpc) is 2.93. The zero-order valence-corrected chi connectivity index (χ0v) is 21.6. The first-order valence-electron chi connectivity index (χ1n) is 12.5. The topological polar surface area (TPSA) is 104 Å². The predicted molar refractivity (Wildman–Crippen MR) is 141 cm³/mol. The molecule has 2 aromatic rings. The van der Waals surface area contributed by atoms with Gasteiger partial charge in [0.1, 0.15) is 11.6 Å². The average molecular weight is 519 g/mol. The van der Waals surface area contributed by atoms with Gasteiger partial charge in [0.25, 0.3) is 0 Å². The van der Waals surface area contributed by atoms with Crippen LogP contribution in [0.15, 0.2) is 30.5 Å². The first-order valence-corrected chi connectivity index (χ1v) is 12.9.